The van der Waals surface area contributed by atoms with Crippen LogP contribution in [0.2, 0.25) is 0 Å². The molecule has 4 rings (SSSR count). The lowest BCUT2D eigenvalue weighted by atomic mass is 10.2. The normalized spacial score (nSPS) is 20.1. The Balaban J connectivity index is 0.00000324. The third-order valence-electron chi connectivity index (χ3n) is 5.95. The maximum absolute atomic E-state index is 13.0. The average Bonchev–Trinajstić information content (AvgIpc) is 3.06. The van der Waals surface area contributed by atoms with Crippen LogP contribution in [0.1, 0.15) is 5.56 Å². The van der Waals surface area contributed by atoms with Crippen molar-refractivity contribution < 1.29 is 21.6 Å². The molecule has 0 bridgehead atoms. The van der Waals surface area contributed by atoms with Gasteiger partial charge in [-0.15, -0.1) is 12.4 Å². The summed E-state index contributed by atoms with van der Waals surface area (Å²) >= 11 is 0. The van der Waals surface area contributed by atoms with E-state index in [9.17, 15) is 16.8 Å². The van der Waals surface area contributed by atoms with Crippen molar-refractivity contribution in [2.24, 2.45) is 0 Å². The third kappa shape index (κ3) is 6.69. The van der Waals surface area contributed by atoms with E-state index in [4.69, 9.17) is 4.74 Å². The summed E-state index contributed by atoms with van der Waals surface area (Å²) in [6.07, 6.45) is 1.22. The number of nitrogens with zero attached hydrogens (tertiary/aromatic N) is 4. The van der Waals surface area contributed by atoms with Gasteiger partial charge in [-0.2, -0.15) is 21.3 Å². The molecule has 0 aliphatic carbocycles. The Morgan fingerprint density at radius 3 is 2.15 bits per heavy atom. The molecular weight excluding hydrogens is 500 g/mol. The summed E-state index contributed by atoms with van der Waals surface area (Å²) in [6.45, 7) is 4.27. The van der Waals surface area contributed by atoms with Gasteiger partial charge in [-0.05, 0) is 29.8 Å². The summed E-state index contributed by atoms with van der Waals surface area (Å²) in [7, 11) is -6.71. The molecule has 0 atom stereocenters. The monoisotopic (exact) mass is 530 g/mol. The maximum atomic E-state index is 13.0. The molecule has 12 heteroatoms. The molecule has 2 aromatic rings. The van der Waals surface area contributed by atoms with E-state index in [1.807, 2.05) is 54.6 Å². The first-order valence-electron chi connectivity index (χ1n) is 11.0. The number of para-hydroxylation sites is 1. The molecule has 2 heterocycles. The SMILES string of the molecule is CS(=O)(=O)N1CCN(CCN2CCN(Cc3cccc(Oc4ccccc4)c3)S2(=O)=O)CC1.Cl. The summed E-state index contributed by atoms with van der Waals surface area (Å²) in [5.41, 5.74) is 0.866. The van der Waals surface area contributed by atoms with Crippen molar-refractivity contribution in [1.29, 1.82) is 0 Å². The molecule has 0 saturated carbocycles. The van der Waals surface area contributed by atoms with Crippen molar-refractivity contribution in [3.8, 4) is 11.5 Å². The van der Waals surface area contributed by atoms with Gasteiger partial charge in [0.2, 0.25) is 10.0 Å². The summed E-state index contributed by atoms with van der Waals surface area (Å²) in [4.78, 5) is 2.12. The van der Waals surface area contributed by atoms with Crippen molar-refractivity contribution in [3.05, 3.63) is 60.2 Å². The number of piperazine rings is 1. The fourth-order valence-corrected chi connectivity index (χ4v) is 6.48. The molecule has 2 aromatic carbocycles. The lowest BCUT2D eigenvalue weighted by molar-refractivity contribution is 0.181. The first-order valence-corrected chi connectivity index (χ1v) is 14.2. The standard InChI is InChI=1S/C22H30N4O5S2.ClH/c1-32(27,28)24-13-10-23(11-14-24)12-15-25-16-17-26(33(25,29)30)19-20-6-5-9-22(18-20)31-21-7-3-2-4-8-21;/h2-9,18H,10-17,19H2,1H3;1H. The fraction of sp³-hybridized carbons (Fsp3) is 0.455. The number of benzene rings is 2. The van der Waals surface area contributed by atoms with Gasteiger partial charge in [0.25, 0.3) is 10.2 Å². The molecule has 0 aromatic heterocycles. The molecule has 34 heavy (non-hydrogen) atoms. The Hall–Kier alpha value is -1.73. The minimum atomic E-state index is -3.54. The van der Waals surface area contributed by atoms with E-state index < -0.39 is 20.2 Å². The Labute approximate surface area is 208 Å². The number of hydrogen-bond donors (Lipinski definition) is 0. The zero-order valence-electron chi connectivity index (χ0n) is 19.1. The molecule has 9 nitrogen and oxygen atoms in total. The molecule has 0 spiro atoms. The zero-order chi connectivity index (χ0) is 23.5. The van der Waals surface area contributed by atoms with Gasteiger partial charge in [-0.3, -0.25) is 4.90 Å². The molecule has 2 aliphatic heterocycles. The lowest BCUT2D eigenvalue weighted by Crippen LogP contribution is -2.50. The smallest absolute Gasteiger partial charge is 0.282 e. The molecule has 0 radical (unpaired) electrons. The summed E-state index contributed by atoms with van der Waals surface area (Å²) in [6, 6.07) is 16.9. The van der Waals surface area contributed by atoms with E-state index in [2.05, 4.69) is 4.90 Å². The Morgan fingerprint density at radius 2 is 1.47 bits per heavy atom. The molecular formula is C22H31ClN4O5S2. The van der Waals surface area contributed by atoms with Crippen molar-refractivity contribution in [2.75, 3.05) is 58.6 Å². The molecule has 188 valence electrons. The van der Waals surface area contributed by atoms with Crippen LogP contribution < -0.4 is 4.74 Å². The van der Waals surface area contributed by atoms with Gasteiger partial charge >= 0.3 is 0 Å². The Bertz CT molecular complexity index is 1160. The Kier molecular flexibility index (Phi) is 8.96. The summed E-state index contributed by atoms with van der Waals surface area (Å²) in [5.74, 6) is 1.40. The number of sulfonamides is 1. The van der Waals surface area contributed by atoms with Gasteiger partial charge in [0.15, 0.2) is 0 Å². The van der Waals surface area contributed by atoms with Gasteiger partial charge in [0.1, 0.15) is 11.5 Å². The quantitative estimate of drug-likeness (QED) is 0.517. The second-order valence-corrected chi connectivity index (χ2v) is 12.2. The van der Waals surface area contributed by atoms with Gasteiger partial charge in [0.05, 0.1) is 6.26 Å². The van der Waals surface area contributed by atoms with Crippen molar-refractivity contribution in [1.82, 2.24) is 17.8 Å². The van der Waals surface area contributed by atoms with Crippen LogP contribution in [0.15, 0.2) is 54.6 Å². The lowest BCUT2D eigenvalue weighted by Gasteiger charge is -2.33. The van der Waals surface area contributed by atoms with Crippen molar-refractivity contribution >= 4 is 32.6 Å². The van der Waals surface area contributed by atoms with Crippen LogP contribution in [0.4, 0.5) is 0 Å². The summed E-state index contributed by atoms with van der Waals surface area (Å²) in [5, 5.41) is 0. The zero-order valence-corrected chi connectivity index (χ0v) is 21.6. The maximum Gasteiger partial charge on any atom is 0.282 e. The van der Waals surface area contributed by atoms with Crippen LogP contribution in [0.25, 0.3) is 0 Å². The molecule has 2 fully saturated rings. The van der Waals surface area contributed by atoms with E-state index in [1.165, 1.54) is 19.2 Å². The predicted octanol–water partition coefficient (Wildman–Crippen LogP) is 1.84. The van der Waals surface area contributed by atoms with E-state index >= 15 is 0 Å². The number of halogens is 1. The number of ether oxygens (including phenoxy) is 1. The largest absolute Gasteiger partial charge is 0.457 e. The molecule has 2 aliphatic rings. The fourth-order valence-electron chi connectivity index (χ4n) is 4.08. The highest BCUT2D eigenvalue weighted by Gasteiger charge is 2.36. The van der Waals surface area contributed by atoms with E-state index in [1.54, 1.807) is 0 Å². The molecule has 2 saturated heterocycles. The first-order chi connectivity index (χ1) is 15.7. The van der Waals surface area contributed by atoms with Gasteiger partial charge in [0, 0.05) is 58.9 Å². The van der Waals surface area contributed by atoms with Crippen molar-refractivity contribution in [3.63, 3.8) is 0 Å². The predicted molar refractivity (Wildman–Crippen MR) is 134 cm³/mol. The van der Waals surface area contributed by atoms with E-state index in [0.717, 1.165) is 11.3 Å². The van der Waals surface area contributed by atoms with Gasteiger partial charge in [-0.25, -0.2) is 8.42 Å². The first kappa shape index (κ1) is 26.9. The topological polar surface area (TPSA) is 90.5 Å². The van der Waals surface area contributed by atoms with Crippen LogP contribution in [0.5, 0.6) is 11.5 Å². The highest BCUT2D eigenvalue weighted by atomic mass is 35.5. The van der Waals surface area contributed by atoms with Crippen LogP contribution in [0, 0.1) is 0 Å². The van der Waals surface area contributed by atoms with Gasteiger partial charge in [-0.1, -0.05) is 30.3 Å². The number of rotatable bonds is 8. The van der Waals surface area contributed by atoms with Crippen molar-refractivity contribution in [2.45, 2.75) is 6.54 Å². The second-order valence-electron chi connectivity index (χ2n) is 8.31. The van der Waals surface area contributed by atoms with Crippen LogP contribution >= 0.6 is 12.4 Å². The average molecular weight is 531 g/mol. The highest BCUT2D eigenvalue weighted by molar-refractivity contribution is 7.88. The molecule has 0 amide bonds. The van der Waals surface area contributed by atoms with Crippen LogP contribution in [-0.4, -0.2) is 93.3 Å². The number of hydrogen-bond acceptors (Lipinski definition) is 6. The summed E-state index contributed by atoms with van der Waals surface area (Å²) < 4.78 is 59.7. The van der Waals surface area contributed by atoms with Gasteiger partial charge < -0.3 is 4.74 Å². The minimum Gasteiger partial charge on any atom is -0.457 e. The van der Waals surface area contributed by atoms with Crippen LogP contribution in [-0.2, 0) is 26.8 Å². The molecule has 0 unspecified atom stereocenters. The Morgan fingerprint density at radius 1 is 0.824 bits per heavy atom. The second kappa shape index (κ2) is 11.3. The third-order valence-corrected chi connectivity index (χ3v) is 9.24. The minimum absolute atomic E-state index is 0. The molecule has 0 N–H and O–H groups in total. The highest BCUT2D eigenvalue weighted by Crippen LogP contribution is 2.25. The van der Waals surface area contributed by atoms with E-state index in [0.29, 0.717) is 58.1 Å². The van der Waals surface area contributed by atoms with Crippen LogP contribution in [0.3, 0.4) is 0 Å². The van der Waals surface area contributed by atoms with E-state index in [-0.39, 0.29) is 19.0 Å².